The van der Waals surface area contributed by atoms with Crippen LogP contribution in [0.2, 0.25) is 0 Å². The molecule has 0 saturated heterocycles. The van der Waals surface area contributed by atoms with Gasteiger partial charge in [-0.1, -0.05) is 29.4 Å². The van der Waals surface area contributed by atoms with Crippen molar-refractivity contribution in [1.82, 2.24) is 30.1 Å². The van der Waals surface area contributed by atoms with Crippen LogP contribution in [0.1, 0.15) is 35.7 Å². The minimum atomic E-state index is -0.403. The van der Waals surface area contributed by atoms with Gasteiger partial charge in [0.15, 0.2) is 0 Å². The maximum atomic E-state index is 12.5. The molecule has 2 heterocycles. The molecular weight excluding hydrogens is 344 g/mol. The van der Waals surface area contributed by atoms with Crippen molar-refractivity contribution < 1.29 is 9.32 Å². The van der Waals surface area contributed by atoms with Crippen molar-refractivity contribution in [2.45, 2.75) is 33.4 Å². The van der Waals surface area contributed by atoms with Crippen molar-refractivity contribution >= 4 is 6.03 Å². The minimum absolute atomic E-state index is 0.221. The van der Waals surface area contributed by atoms with Crippen molar-refractivity contribution in [3.8, 4) is 11.4 Å². The number of aryl methyl sites for hydroxylation is 2. The number of urea groups is 1. The molecule has 0 aliphatic rings. The number of hydrogen-bond donors (Lipinski definition) is 1. The van der Waals surface area contributed by atoms with Gasteiger partial charge in [-0.05, 0) is 26.3 Å². The van der Waals surface area contributed by atoms with Crippen LogP contribution in [0.3, 0.4) is 0 Å². The molecule has 2 aromatic heterocycles. The van der Waals surface area contributed by atoms with Gasteiger partial charge < -0.3 is 14.7 Å². The third kappa shape index (κ3) is 3.99. The molecule has 0 radical (unpaired) electrons. The van der Waals surface area contributed by atoms with Crippen LogP contribution in [0, 0.1) is 13.8 Å². The van der Waals surface area contributed by atoms with Crippen LogP contribution in [0.4, 0.5) is 4.79 Å². The van der Waals surface area contributed by atoms with E-state index in [4.69, 9.17) is 4.52 Å². The van der Waals surface area contributed by atoms with Crippen LogP contribution >= 0.6 is 0 Å². The second-order valence-corrected chi connectivity index (χ2v) is 6.68. The van der Waals surface area contributed by atoms with Crippen LogP contribution < -0.4 is 5.32 Å². The summed E-state index contributed by atoms with van der Waals surface area (Å²) in [6.45, 7) is 6.25. The molecule has 0 bridgehead atoms. The Morgan fingerprint density at radius 3 is 2.74 bits per heavy atom. The highest BCUT2D eigenvalue weighted by molar-refractivity contribution is 5.74. The Balaban J connectivity index is 1.65. The molecule has 0 aliphatic carbocycles. The van der Waals surface area contributed by atoms with Gasteiger partial charge in [-0.2, -0.15) is 10.1 Å². The van der Waals surface area contributed by atoms with Crippen molar-refractivity contribution in [2.24, 2.45) is 7.05 Å². The summed E-state index contributed by atoms with van der Waals surface area (Å²) in [5, 5.41) is 11.1. The van der Waals surface area contributed by atoms with E-state index in [9.17, 15) is 4.79 Å². The van der Waals surface area contributed by atoms with Crippen LogP contribution in [-0.2, 0) is 13.6 Å². The third-order valence-electron chi connectivity index (χ3n) is 4.63. The molecule has 142 valence electrons. The smallest absolute Gasteiger partial charge is 0.318 e. The molecule has 27 heavy (non-hydrogen) atoms. The Bertz CT molecular complexity index is 945. The lowest BCUT2D eigenvalue weighted by molar-refractivity contribution is 0.200. The first-order chi connectivity index (χ1) is 12.9. The average molecular weight is 368 g/mol. The Hall–Kier alpha value is -3.16. The molecule has 2 amide bonds. The number of nitrogens with one attached hydrogen (secondary N) is 1. The fraction of sp³-hybridized carbons (Fsp3) is 0.368. The summed E-state index contributed by atoms with van der Waals surface area (Å²) >= 11 is 0. The van der Waals surface area contributed by atoms with E-state index in [0.29, 0.717) is 18.3 Å². The maximum absolute atomic E-state index is 12.5. The molecule has 3 rings (SSSR count). The zero-order valence-electron chi connectivity index (χ0n) is 16.2. The zero-order valence-corrected chi connectivity index (χ0v) is 16.2. The minimum Gasteiger partial charge on any atom is -0.337 e. The largest absolute Gasteiger partial charge is 0.337 e. The first-order valence-corrected chi connectivity index (χ1v) is 8.75. The average Bonchev–Trinajstić information content (AvgIpc) is 3.25. The van der Waals surface area contributed by atoms with Crippen molar-refractivity contribution in [1.29, 1.82) is 0 Å². The monoisotopic (exact) mass is 368 g/mol. The highest BCUT2D eigenvalue weighted by Gasteiger charge is 2.20. The Morgan fingerprint density at radius 2 is 2.07 bits per heavy atom. The first-order valence-electron chi connectivity index (χ1n) is 8.75. The summed E-state index contributed by atoms with van der Waals surface area (Å²) in [5.74, 6) is 0.885. The topological polar surface area (TPSA) is 89.1 Å². The zero-order chi connectivity index (χ0) is 19.6. The number of carbonyl (C=O) groups is 1. The molecule has 8 heteroatoms. The summed E-state index contributed by atoms with van der Waals surface area (Å²) in [5.41, 5.74) is 4.01. The van der Waals surface area contributed by atoms with E-state index < -0.39 is 6.04 Å². The van der Waals surface area contributed by atoms with Gasteiger partial charge >= 0.3 is 6.03 Å². The van der Waals surface area contributed by atoms with Crippen LogP contribution in [0.25, 0.3) is 11.4 Å². The molecule has 0 fully saturated rings. The fourth-order valence-corrected chi connectivity index (χ4v) is 2.73. The molecule has 1 atom stereocenters. The van der Waals surface area contributed by atoms with Gasteiger partial charge in [0.2, 0.25) is 11.7 Å². The van der Waals surface area contributed by atoms with Gasteiger partial charge in [-0.3, -0.25) is 4.68 Å². The van der Waals surface area contributed by atoms with Crippen molar-refractivity contribution in [3.05, 3.63) is 53.2 Å². The van der Waals surface area contributed by atoms with Gasteiger partial charge in [0.05, 0.1) is 12.7 Å². The second kappa shape index (κ2) is 7.61. The molecule has 8 nitrogen and oxygen atoms in total. The molecule has 1 N–H and O–H groups in total. The first kappa shape index (κ1) is 18.6. The van der Waals surface area contributed by atoms with Gasteiger partial charge in [0.1, 0.15) is 6.04 Å². The van der Waals surface area contributed by atoms with Gasteiger partial charge in [-0.15, -0.1) is 0 Å². The van der Waals surface area contributed by atoms with Gasteiger partial charge in [0.25, 0.3) is 0 Å². The van der Waals surface area contributed by atoms with E-state index >= 15 is 0 Å². The molecule has 0 aliphatic heterocycles. The van der Waals surface area contributed by atoms with E-state index in [0.717, 1.165) is 22.4 Å². The highest BCUT2D eigenvalue weighted by atomic mass is 16.5. The lowest BCUT2D eigenvalue weighted by Crippen LogP contribution is -2.38. The summed E-state index contributed by atoms with van der Waals surface area (Å²) < 4.78 is 7.14. The molecule has 0 unspecified atom stereocenters. The third-order valence-corrected chi connectivity index (χ3v) is 4.63. The molecule has 0 spiro atoms. The van der Waals surface area contributed by atoms with Gasteiger partial charge in [-0.25, -0.2) is 4.79 Å². The Labute approximate surface area is 158 Å². The second-order valence-electron chi connectivity index (χ2n) is 6.68. The standard InChI is InChI=1S/C19H24N6O2/c1-12-8-6-7-9-16(12)17-22-18(27-23-17)13(2)21-19(26)24(4)11-15-10-20-25(5)14(15)3/h6-10,13H,11H2,1-5H3,(H,21,26)/t13-/m1/s1. The lowest BCUT2D eigenvalue weighted by Gasteiger charge is -2.19. The van der Waals surface area contributed by atoms with Crippen LogP contribution in [0.5, 0.6) is 0 Å². The molecule has 3 aromatic rings. The Kier molecular flexibility index (Phi) is 5.25. The van der Waals surface area contributed by atoms with Gasteiger partial charge in [0, 0.05) is 30.9 Å². The summed E-state index contributed by atoms with van der Waals surface area (Å²) in [6, 6.07) is 7.20. The quantitative estimate of drug-likeness (QED) is 0.748. The van der Waals surface area contributed by atoms with Crippen molar-refractivity contribution in [3.63, 3.8) is 0 Å². The SMILES string of the molecule is Cc1ccccc1-c1noc([C@@H](C)NC(=O)N(C)Cc2cnn(C)c2C)n1. The summed E-state index contributed by atoms with van der Waals surface area (Å²) in [6.07, 6.45) is 1.77. The predicted molar refractivity (Wildman–Crippen MR) is 101 cm³/mol. The predicted octanol–water partition coefficient (Wildman–Crippen LogP) is 2.99. The number of amides is 2. The molecule has 0 saturated carbocycles. The van der Waals surface area contributed by atoms with E-state index in [1.165, 1.54) is 0 Å². The normalized spacial score (nSPS) is 12.0. The highest BCUT2D eigenvalue weighted by Crippen LogP contribution is 2.22. The van der Waals surface area contributed by atoms with Crippen molar-refractivity contribution in [2.75, 3.05) is 7.05 Å². The fourth-order valence-electron chi connectivity index (χ4n) is 2.73. The molecule has 1 aromatic carbocycles. The van der Waals surface area contributed by atoms with E-state index in [-0.39, 0.29) is 6.03 Å². The lowest BCUT2D eigenvalue weighted by atomic mass is 10.1. The number of aromatic nitrogens is 4. The van der Waals surface area contributed by atoms with E-state index in [1.807, 2.05) is 52.1 Å². The number of carbonyl (C=O) groups excluding carboxylic acids is 1. The number of nitrogens with zero attached hydrogens (tertiary/aromatic N) is 5. The summed E-state index contributed by atoms with van der Waals surface area (Å²) in [7, 11) is 3.61. The maximum Gasteiger partial charge on any atom is 0.318 e. The number of rotatable bonds is 5. The van der Waals surface area contributed by atoms with Crippen LogP contribution in [-0.4, -0.2) is 37.9 Å². The number of hydrogen-bond acceptors (Lipinski definition) is 5. The summed E-state index contributed by atoms with van der Waals surface area (Å²) in [4.78, 5) is 18.5. The van der Waals surface area contributed by atoms with Crippen LogP contribution in [0.15, 0.2) is 35.0 Å². The molecular formula is C19H24N6O2. The number of benzene rings is 1. The van der Waals surface area contributed by atoms with E-state index in [2.05, 4.69) is 20.6 Å². The Morgan fingerprint density at radius 1 is 1.33 bits per heavy atom. The van der Waals surface area contributed by atoms with E-state index in [1.54, 1.807) is 22.8 Å².